The van der Waals surface area contributed by atoms with Gasteiger partial charge in [0, 0.05) is 38.7 Å². The van der Waals surface area contributed by atoms with Crippen molar-refractivity contribution >= 4 is 27.7 Å². The minimum Gasteiger partial charge on any atom is -0.496 e. The van der Waals surface area contributed by atoms with Crippen molar-refractivity contribution in [1.29, 1.82) is 0 Å². The molecule has 8 heteroatoms. The molecule has 0 bridgehead atoms. The van der Waals surface area contributed by atoms with Gasteiger partial charge in [0.05, 0.1) is 17.6 Å². The van der Waals surface area contributed by atoms with Gasteiger partial charge < -0.3 is 9.64 Å². The van der Waals surface area contributed by atoms with E-state index in [2.05, 4.69) is 0 Å². The summed E-state index contributed by atoms with van der Waals surface area (Å²) in [5.41, 5.74) is 0.289. The molecule has 1 aromatic rings. The van der Waals surface area contributed by atoms with Gasteiger partial charge in [-0.2, -0.15) is 11.8 Å². The minimum absolute atomic E-state index is 0.0908. The first-order valence-corrected chi connectivity index (χ1v) is 9.45. The zero-order valence-electron chi connectivity index (χ0n) is 12.9. The smallest absolute Gasteiger partial charge is 0.257 e. The van der Waals surface area contributed by atoms with Crippen molar-refractivity contribution in [3.63, 3.8) is 0 Å². The molecule has 1 aromatic carbocycles. The molecule has 0 aliphatic carbocycles. The van der Waals surface area contributed by atoms with Crippen LogP contribution in [0.5, 0.6) is 5.75 Å². The molecule has 22 heavy (non-hydrogen) atoms. The highest BCUT2D eigenvalue weighted by atomic mass is 32.2. The number of nitrogens with zero attached hydrogens (tertiary/aromatic N) is 2. The average molecular weight is 344 g/mol. The van der Waals surface area contributed by atoms with Crippen molar-refractivity contribution in [2.45, 2.75) is 4.90 Å². The van der Waals surface area contributed by atoms with Crippen molar-refractivity contribution < 1.29 is 17.9 Å². The first-order valence-electron chi connectivity index (χ1n) is 6.85. The monoisotopic (exact) mass is 344 g/mol. The lowest BCUT2D eigenvalue weighted by atomic mass is 10.1. The lowest BCUT2D eigenvalue weighted by molar-refractivity contribution is 0.0768. The highest BCUT2D eigenvalue weighted by Gasteiger charge is 2.25. The third-order valence-electron chi connectivity index (χ3n) is 3.48. The van der Waals surface area contributed by atoms with Crippen molar-refractivity contribution in [1.82, 2.24) is 9.21 Å². The number of carbonyl (C=O) groups excluding carboxylic acids is 1. The molecule has 1 heterocycles. The van der Waals surface area contributed by atoms with E-state index in [1.54, 1.807) is 16.7 Å². The van der Waals surface area contributed by atoms with Crippen LogP contribution in [0.4, 0.5) is 0 Å². The Hall–Kier alpha value is -1.25. The van der Waals surface area contributed by atoms with E-state index in [0.717, 1.165) is 15.8 Å². The average Bonchev–Trinajstić information content (AvgIpc) is 2.54. The molecule has 0 spiro atoms. The summed E-state index contributed by atoms with van der Waals surface area (Å²) >= 11 is 1.80. The van der Waals surface area contributed by atoms with Crippen LogP contribution in [0, 0.1) is 0 Å². The topological polar surface area (TPSA) is 66.9 Å². The Kier molecular flexibility index (Phi) is 5.36. The molecule has 1 fully saturated rings. The molecule has 0 saturated carbocycles. The second-order valence-corrected chi connectivity index (χ2v) is 8.43. The van der Waals surface area contributed by atoms with Crippen molar-refractivity contribution in [3.05, 3.63) is 23.8 Å². The van der Waals surface area contributed by atoms with Gasteiger partial charge in [0.1, 0.15) is 5.75 Å². The zero-order valence-corrected chi connectivity index (χ0v) is 14.5. The van der Waals surface area contributed by atoms with Gasteiger partial charge in [0.2, 0.25) is 10.0 Å². The van der Waals surface area contributed by atoms with Crippen LogP contribution in [0.25, 0.3) is 0 Å². The van der Waals surface area contributed by atoms with Gasteiger partial charge in [0.15, 0.2) is 0 Å². The number of hydrogen-bond acceptors (Lipinski definition) is 5. The van der Waals surface area contributed by atoms with Crippen LogP contribution in [0.3, 0.4) is 0 Å². The Morgan fingerprint density at radius 1 is 1.27 bits per heavy atom. The SMILES string of the molecule is COc1ccc(S(=O)(=O)N(C)C)cc1C(=O)N1CCSCC1. The van der Waals surface area contributed by atoms with Crippen LogP contribution >= 0.6 is 11.8 Å². The summed E-state index contributed by atoms with van der Waals surface area (Å²) in [6, 6.07) is 4.39. The maximum absolute atomic E-state index is 12.7. The van der Waals surface area contributed by atoms with Crippen molar-refractivity contribution in [3.8, 4) is 5.75 Å². The first-order chi connectivity index (χ1) is 10.4. The number of thioether (sulfide) groups is 1. The van der Waals surface area contributed by atoms with Gasteiger partial charge in [-0.15, -0.1) is 0 Å². The van der Waals surface area contributed by atoms with Gasteiger partial charge in [-0.25, -0.2) is 12.7 Å². The van der Waals surface area contributed by atoms with Gasteiger partial charge in [-0.1, -0.05) is 0 Å². The number of methoxy groups -OCH3 is 1. The molecule has 0 atom stereocenters. The second kappa shape index (κ2) is 6.89. The lowest BCUT2D eigenvalue weighted by Gasteiger charge is -2.27. The van der Waals surface area contributed by atoms with Crippen molar-refractivity contribution in [2.24, 2.45) is 0 Å². The predicted octanol–water partition coefficient (Wildman–Crippen LogP) is 1.13. The fourth-order valence-electron chi connectivity index (χ4n) is 2.16. The van der Waals surface area contributed by atoms with E-state index in [0.29, 0.717) is 18.8 Å². The minimum atomic E-state index is -3.59. The summed E-state index contributed by atoms with van der Waals surface area (Å²) in [5.74, 6) is 1.99. The number of ether oxygens (including phenoxy) is 1. The Balaban J connectivity index is 2.42. The van der Waals surface area contributed by atoms with Gasteiger partial charge in [-0.05, 0) is 18.2 Å². The van der Waals surface area contributed by atoms with E-state index in [1.807, 2.05) is 0 Å². The summed E-state index contributed by atoms with van der Waals surface area (Å²) in [7, 11) is 0.807. The maximum Gasteiger partial charge on any atom is 0.257 e. The number of sulfonamides is 1. The highest BCUT2D eigenvalue weighted by Crippen LogP contribution is 2.26. The number of benzene rings is 1. The molecule has 1 aliphatic rings. The van der Waals surface area contributed by atoms with E-state index in [4.69, 9.17) is 4.74 Å². The van der Waals surface area contributed by atoms with Crippen LogP contribution in [0.15, 0.2) is 23.1 Å². The van der Waals surface area contributed by atoms with E-state index in [-0.39, 0.29) is 16.4 Å². The zero-order chi connectivity index (χ0) is 16.3. The molecule has 1 aliphatic heterocycles. The van der Waals surface area contributed by atoms with Crippen molar-refractivity contribution in [2.75, 3.05) is 45.8 Å². The Bertz CT molecular complexity index is 653. The highest BCUT2D eigenvalue weighted by molar-refractivity contribution is 7.99. The van der Waals surface area contributed by atoms with E-state index < -0.39 is 10.0 Å². The van der Waals surface area contributed by atoms with Crippen LogP contribution in [0.2, 0.25) is 0 Å². The third kappa shape index (κ3) is 3.39. The van der Waals surface area contributed by atoms with Crippen LogP contribution < -0.4 is 4.74 Å². The first kappa shape index (κ1) is 17.1. The largest absolute Gasteiger partial charge is 0.496 e. The summed E-state index contributed by atoms with van der Waals surface area (Å²) < 4.78 is 30.8. The molecule has 2 rings (SSSR count). The van der Waals surface area contributed by atoms with Crippen LogP contribution in [0.1, 0.15) is 10.4 Å². The third-order valence-corrected chi connectivity index (χ3v) is 6.23. The summed E-state index contributed by atoms with van der Waals surface area (Å²) in [6.07, 6.45) is 0. The van der Waals surface area contributed by atoms with Gasteiger partial charge in [0.25, 0.3) is 5.91 Å². The maximum atomic E-state index is 12.7. The Morgan fingerprint density at radius 3 is 2.45 bits per heavy atom. The standard InChI is InChI=1S/C14H20N2O4S2/c1-15(2)22(18,19)11-4-5-13(20-3)12(10-11)14(17)16-6-8-21-9-7-16/h4-5,10H,6-9H2,1-3H3. The summed E-state index contributed by atoms with van der Waals surface area (Å²) in [4.78, 5) is 14.5. The van der Waals surface area contributed by atoms with Gasteiger partial charge in [-0.3, -0.25) is 4.79 Å². The molecule has 0 radical (unpaired) electrons. The Labute approximate surface area is 135 Å². The number of rotatable bonds is 4. The number of hydrogen-bond donors (Lipinski definition) is 0. The molecule has 6 nitrogen and oxygen atoms in total. The Morgan fingerprint density at radius 2 is 1.91 bits per heavy atom. The molecule has 0 N–H and O–H groups in total. The second-order valence-electron chi connectivity index (χ2n) is 5.05. The fourth-order valence-corrected chi connectivity index (χ4v) is 3.99. The number of amides is 1. The fraction of sp³-hybridized carbons (Fsp3) is 0.500. The summed E-state index contributed by atoms with van der Waals surface area (Å²) in [5, 5.41) is 0. The predicted molar refractivity (Wildman–Crippen MR) is 87.1 cm³/mol. The van der Waals surface area contributed by atoms with Crippen LogP contribution in [-0.2, 0) is 10.0 Å². The molecule has 1 amide bonds. The lowest BCUT2D eigenvalue weighted by Crippen LogP contribution is -2.38. The van der Waals surface area contributed by atoms with E-state index >= 15 is 0 Å². The molecule has 0 aromatic heterocycles. The number of carbonyl (C=O) groups is 1. The molecule has 0 unspecified atom stereocenters. The quantitative estimate of drug-likeness (QED) is 0.819. The molecule has 122 valence electrons. The van der Waals surface area contributed by atoms with E-state index in [1.165, 1.54) is 39.4 Å². The van der Waals surface area contributed by atoms with Crippen LogP contribution in [-0.4, -0.2) is 69.3 Å². The molecular weight excluding hydrogens is 324 g/mol. The normalized spacial score (nSPS) is 15.9. The van der Waals surface area contributed by atoms with E-state index in [9.17, 15) is 13.2 Å². The molecule has 1 saturated heterocycles. The molecular formula is C14H20N2O4S2. The van der Waals surface area contributed by atoms with Gasteiger partial charge >= 0.3 is 0 Å². The summed E-state index contributed by atoms with van der Waals surface area (Å²) in [6.45, 7) is 1.33.